The summed E-state index contributed by atoms with van der Waals surface area (Å²) in [5, 5.41) is 2.70. The molecule has 0 aliphatic carbocycles. The van der Waals surface area contributed by atoms with Crippen LogP contribution in [0.15, 0.2) is 36.4 Å². The minimum atomic E-state index is -3.89. The Bertz CT molecular complexity index is 1140. The molecule has 0 aliphatic rings. The van der Waals surface area contributed by atoms with Crippen LogP contribution in [0.1, 0.15) is 12.3 Å². The summed E-state index contributed by atoms with van der Waals surface area (Å²) < 4.78 is 74.0. The van der Waals surface area contributed by atoms with Gasteiger partial charge in [0.2, 0.25) is 0 Å². The van der Waals surface area contributed by atoms with Crippen LogP contribution in [0.4, 0.5) is 0 Å². The molecule has 0 fully saturated rings. The van der Waals surface area contributed by atoms with Gasteiger partial charge >= 0.3 is 0 Å². The van der Waals surface area contributed by atoms with E-state index in [1.807, 2.05) is 42.9 Å². The molecule has 1 nitrogen and oxygen atoms in total. The lowest BCUT2D eigenvalue weighted by molar-refractivity contribution is 1.01. The van der Waals surface area contributed by atoms with E-state index in [0.717, 1.165) is 27.0 Å². The molecule has 0 unspecified atom stereocenters. The molecular weight excluding hydrogens is 298 g/mol. The normalized spacial score (nSPS) is 21.0. The van der Waals surface area contributed by atoms with Gasteiger partial charge in [-0.2, -0.15) is 0 Å². The molecule has 3 aromatic rings. The Kier molecular flexibility index (Phi) is 1.75. The summed E-state index contributed by atoms with van der Waals surface area (Å²) in [6, 6.07) is 10.8. The Morgan fingerprint density at radius 1 is 0.773 bits per heavy atom. The highest BCUT2D eigenvalue weighted by Gasteiger charge is 2.20. The van der Waals surface area contributed by atoms with Crippen LogP contribution in [-0.4, -0.2) is 20.7 Å². The van der Waals surface area contributed by atoms with E-state index in [-0.39, 0.29) is 0 Å². The Morgan fingerprint density at radius 2 is 1.23 bits per heavy atom. The summed E-state index contributed by atoms with van der Waals surface area (Å²) in [6.07, 6.45) is 0. The van der Waals surface area contributed by atoms with Crippen LogP contribution >= 0.6 is 0 Å². The molecule has 0 spiro atoms. The van der Waals surface area contributed by atoms with Gasteiger partial charge in [0.25, 0.3) is 0 Å². The average Bonchev–Trinajstić information content (AvgIpc) is 2.90. The third-order valence-corrected chi connectivity index (χ3v) is 7.53. The summed E-state index contributed by atoms with van der Waals surface area (Å²) in [6.45, 7) is -2.24. The number of nitrogens with zero attached hydrogens (tertiary/aromatic N) is 1. The summed E-state index contributed by atoms with van der Waals surface area (Å²) in [5.41, 5.74) is 1.73. The first-order chi connectivity index (χ1) is 13.8. The monoisotopic (exact) mass is 334 g/mol. The van der Waals surface area contributed by atoms with Crippen LogP contribution in [0, 0.1) is 0 Å². The van der Waals surface area contributed by atoms with Crippen LogP contribution in [0.5, 0.6) is 0 Å². The minimum Gasteiger partial charge on any atom is -0.344 e. The van der Waals surface area contributed by atoms with E-state index in [4.69, 9.17) is 12.3 Å². The molecule has 0 amide bonds. The lowest BCUT2D eigenvalue weighted by Crippen LogP contribution is -2.37. The maximum absolute atomic E-state index is 8.01. The smallest absolute Gasteiger partial charge is 0.0776 e. The van der Waals surface area contributed by atoms with Gasteiger partial charge in [-0.05, 0) is 12.1 Å². The van der Waals surface area contributed by atoms with Gasteiger partial charge in [-0.1, -0.05) is 73.7 Å². The average molecular weight is 335 g/mol. The second-order valence-corrected chi connectivity index (χ2v) is 13.4. The van der Waals surface area contributed by atoms with Crippen molar-refractivity contribution in [2.45, 2.75) is 39.1 Å². The molecule has 116 valence electrons. The summed E-state index contributed by atoms with van der Waals surface area (Å²) in [4.78, 5) is 0. The maximum atomic E-state index is 8.01. The second-order valence-electron chi connectivity index (χ2n) is 6.77. The van der Waals surface area contributed by atoms with Crippen molar-refractivity contribution in [2.75, 3.05) is 0 Å². The first-order valence-electron chi connectivity index (χ1n) is 11.9. The highest BCUT2D eigenvalue weighted by molar-refractivity contribution is 6.89. The molecule has 1 aromatic heterocycles. The molecule has 0 saturated carbocycles. The van der Waals surface area contributed by atoms with Gasteiger partial charge in [0.15, 0.2) is 0 Å². The second kappa shape index (κ2) is 4.83. The topological polar surface area (TPSA) is 4.93 Å². The van der Waals surface area contributed by atoms with Gasteiger partial charge < -0.3 is 4.57 Å². The Morgan fingerprint density at radius 3 is 1.68 bits per heavy atom. The number of hydrogen-bond acceptors (Lipinski definition) is 0. The molecular formula is C19H27NSi2. The van der Waals surface area contributed by atoms with Gasteiger partial charge in [-0.15, -0.1) is 0 Å². The van der Waals surface area contributed by atoms with Crippen molar-refractivity contribution in [1.29, 1.82) is 0 Å². The zero-order chi connectivity index (χ0) is 23.8. The van der Waals surface area contributed by atoms with E-state index in [1.165, 1.54) is 6.55 Å². The van der Waals surface area contributed by atoms with E-state index in [9.17, 15) is 0 Å². The number of fused-ring (bicyclic) bond motifs is 3. The van der Waals surface area contributed by atoms with Crippen molar-refractivity contribution < 1.29 is 12.3 Å². The third-order valence-electron chi connectivity index (χ3n) is 4.31. The maximum Gasteiger partial charge on any atom is 0.0776 e. The number of aryl methyl sites for hydroxylation is 1. The quantitative estimate of drug-likeness (QED) is 0.611. The van der Waals surface area contributed by atoms with Crippen molar-refractivity contribution in [3.8, 4) is 0 Å². The Labute approximate surface area is 148 Å². The predicted molar refractivity (Wildman–Crippen MR) is 106 cm³/mol. The summed E-state index contributed by atoms with van der Waals surface area (Å²) >= 11 is 0. The standard InChI is InChI=1S/C19H27NSi2/c1-20-18-10-8-14(21(2,3)4)12-16(18)17-13-15(22(5,6)7)9-11-19(17)20/h8-13H,1-7H3/i2D3,3D3,5D3. The van der Waals surface area contributed by atoms with Crippen molar-refractivity contribution in [1.82, 2.24) is 4.57 Å². The molecule has 0 radical (unpaired) electrons. The van der Waals surface area contributed by atoms with Crippen molar-refractivity contribution in [2.24, 2.45) is 7.05 Å². The molecule has 3 heteroatoms. The lowest BCUT2D eigenvalue weighted by atomic mass is 10.1. The zero-order valence-corrected chi connectivity index (χ0v) is 15.4. The van der Waals surface area contributed by atoms with Crippen molar-refractivity contribution in [3.63, 3.8) is 0 Å². The number of rotatable bonds is 2. The molecule has 0 saturated heterocycles. The highest BCUT2D eigenvalue weighted by atomic mass is 28.3. The van der Waals surface area contributed by atoms with Crippen LogP contribution < -0.4 is 10.4 Å². The molecule has 0 aliphatic heterocycles. The van der Waals surface area contributed by atoms with Gasteiger partial charge in [0.1, 0.15) is 0 Å². The summed E-state index contributed by atoms with van der Waals surface area (Å²) in [7, 11) is -4.77. The number of aromatic nitrogens is 1. The zero-order valence-electron chi connectivity index (χ0n) is 22.4. The molecule has 2 aromatic carbocycles. The van der Waals surface area contributed by atoms with Gasteiger partial charge in [0, 0.05) is 41.2 Å². The van der Waals surface area contributed by atoms with Crippen LogP contribution in [0.3, 0.4) is 0 Å². The van der Waals surface area contributed by atoms with E-state index in [0.29, 0.717) is 5.19 Å². The fraction of sp³-hybridized carbons (Fsp3) is 0.368. The SMILES string of the molecule is [2H]C([2H])([2H])[Si](C)(C)c1ccc2c(c1)c1cc([Si](C)(C([2H])([2H])[2H])C([2H])([2H])[2H])ccc1n2C. The molecule has 1 heterocycles. The van der Waals surface area contributed by atoms with E-state index < -0.39 is 35.6 Å². The van der Waals surface area contributed by atoms with Crippen molar-refractivity contribution in [3.05, 3.63) is 36.4 Å². The van der Waals surface area contributed by atoms with Crippen molar-refractivity contribution >= 4 is 48.3 Å². The lowest BCUT2D eigenvalue weighted by Gasteiger charge is -2.17. The van der Waals surface area contributed by atoms with Crippen LogP contribution in [-0.2, 0) is 7.05 Å². The third kappa shape index (κ3) is 2.46. The van der Waals surface area contributed by atoms with E-state index in [2.05, 4.69) is 0 Å². The van der Waals surface area contributed by atoms with Gasteiger partial charge in [0.05, 0.1) is 16.1 Å². The Balaban J connectivity index is 2.37. The molecule has 0 bridgehead atoms. The molecule has 3 rings (SSSR count). The van der Waals surface area contributed by atoms with E-state index >= 15 is 0 Å². The number of hydrogen-bond donors (Lipinski definition) is 0. The minimum absolute atomic E-state index is 0.352. The molecule has 0 N–H and O–H groups in total. The van der Waals surface area contributed by atoms with Gasteiger partial charge in [-0.3, -0.25) is 0 Å². The Hall–Kier alpha value is -1.33. The predicted octanol–water partition coefficient (Wildman–Crippen LogP) is 4.42. The largest absolute Gasteiger partial charge is 0.344 e. The summed E-state index contributed by atoms with van der Waals surface area (Å²) in [5.74, 6) is 0. The number of benzene rings is 2. The van der Waals surface area contributed by atoms with E-state index in [1.54, 1.807) is 18.2 Å². The van der Waals surface area contributed by atoms with Gasteiger partial charge in [-0.25, -0.2) is 0 Å². The molecule has 22 heavy (non-hydrogen) atoms. The van der Waals surface area contributed by atoms with Crippen LogP contribution in [0.2, 0.25) is 39.1 Å². The fourth-order valence-electron chi connectivity index (χ4n) is 2.92. The molecule has 0 atom stereocenters. The fourth-order valence-corrected chi connectivity index (χ4v) is 4.77. The first-order valence-corrected chi connectivity index (χ1v) is 12.9. The highest BCUT2D eigenvalue weighted by Crippen LogP contribution is 2.27. The first kappa shape index (κ1) is 7.98. The van der Waals surface area contributed by atoms with Crippen LogP contribution in [0.25, 0.3) is 21.8 Å².